The first-order valence-electron chi connectivity index (χ1n) is 7.46. The molecule has 0 aromatic heterocycles. The van der Waals surface area contributed by atoms with Gasteiger partial charge < -0.3 is 19.7 Å². The van der Waals surface area contributed by atoms with Crippen LogP contribution in [0.15, 0.2) is 30.3 Å². The van der Waals surface area contributed by atoms with Gasteiger partial charge in [-0.05, 0) is 12.5 Å². The molecular weight excluding hydrogens is 300 g/mol. The van der Waals surface area contributed by atoms with Crippen LogP contribution in [0.2, 0.25) is 0 Å². The Labute approximate surface area is 134 Å². The maximum atomic E-state index is 12.3. The molecule has 1 aliphatic rings. The van der Waals surface area contributed by atoms with E-state index in [9.17, 15) is 14.4 Å². The second-order valence-corrected chi connectivity index (χ2v) is 5.06. The summed E-state index contributed by atoms with van der Waals surface area (Å²) in [5, 5.41) is 2.49. The van der Waals surface area contributed by atoms with Crippen LogP contribution in [-0.2, 0) is 30.4 Å². The van der Waals surface area contributed by atoms with Gasteiger partial charge in [-0.1, -0.05) is 30.3 Å². The summed E-state index contributed by atoms with van der Waals surface area (Å²) in [6.07, 6.45) is 0. The summed E-state index contributed by atoms with van der Waals surface area (Å²) in [6, 6.07) is 8.64. The molecule has 7 heteroatoms. The van der Waals surface area contributed by atoms with Crippen LogP contribution in [0, 0.1) is 0 Å². The summed E-state index contributed by atoms with van der Waals surface area (Å²) in [6.45, 7) is 2.09. The Kier molecular flexibility index (Phi) is 6.10. The minimum atomic E-state index is -0.758. The zero-order valence-corrected chi connectivity index (χ0v) is 13.0. The van der Waals surface area contributed by atoms with E-state index >= 15 is 0 Å². The van der Waals surface area contributed by atoms with Gasteiger partial charge in [-0.3, -0.25) is 14.4 Å². The molecule has 1 heterocycles. The van der Waals surface area contributed by atoms with Crippen LogP contribution in [-0.4, -0.2) is 55.1 Å². The van der Waals surface area contributed by atoms with Crippen molar-refractivity contribution < 1.29 is 23.9 Å². The van der Waals surface area contributed by atoms with Crippen molar-refractivity contribution in [1.82, 2.24) is 10.2 Å². The summed E-state index contributed by atoms with van der Waals surface area (Å²) in [5.41, 5.74) is 0.922. The zero-order chi connectivity index (χ0) is 16.7. The topological polar surface area (TPSA) is 84.9 Å². The van der Waals surface area contributed by atoms with Gasteiger partial charge in [0.05, 0.1) is 13.2 Å². The third-order valence-electron chi connectivity index (χ3n) is 3.41. The number of benzene rings is 1. The molecule has 23 heavy (non-hydrogen) atoms. The Bertz CT molecular complexity index is 561. The lowest BCUT2D eigenvalue weighted by Crippen LogP contribution is -2.56. The Morgan fingerprint density at radius 3 is 2.78 bits per heavy atom. The Balaban J connectivity index is 2.00. The molecule has 0 bridgehead atoms. The number of nitrogens with one attached hydrogen (secondary N) is 1. The van der Waals surface area contributed by atoms with E-state index < -0.39 is 17.9 Å². The molecule has 124 valence electrons. The van der Waals surface area contributed by atoms with Gasteiger partial charge in [-0.15, -0.1) is 0 Å². The van der Waals surface area contributed by atoms with Crippen molar-refractivity contribution in [2.75, 3.05) is 26.4 Å². The number of morpholine rings is 1. The first-order valence-corrected chi connectivity index (χ1v) is 7.46. The van der Waals surface area contributed by atoms with Gasteiger partial charge in [-0.25, -0.2) is 0 Å². The van der Waals surface area contributed by atoms with Crippen LogP contribution in [0.4, 0.5) is 0 Å². The second kappa shape index (κ2) is 8.28. The highest BCUT2D eigenvalue weighted by atomic mass is 16.5. The third kappa shape index (κ3) is 4.79. The normalized spacial score (nSPS) is 17.7. The third-order valence-corrected chi connectivity index (χ3v) is 3.41. The highest BCUT2D eigenvalue weighted by Gasteiger charge is 2.34. The van der Waals surface area contributed by atoms with Crippen LogP contribution in [0.3, 0.4) is 0 Å². The SMILES string of the molecule is CCOC(=O)CNC(=O)[C@H]1COCC(=O)N1Cc1ccccc1. The number of hydrogen-bond acceptors (Lipinski definition) is 5. The van der Waals surface area contributed by atoms with Crippen molar-refractivity contribution >= 4 is 17.8 Å². The predicted molar refractivity (Wildman–Crippen MR) is 81.2 cm³/mol. The number of rotatable bonds is 6. The van der Waals surface area contributed by atoms with Gasteiger partial charge in [0.1, 0.15) is 19.2 Å². The number of esters is 1. The molecule has 0 saturated carbocycles. The van der Waals surface area contributed by atoms with Gasteiger partial charge in [0.15, 0.2) is 0 Å². The lowest BCUT2D eigenvalue weighted by Gasteiger charge is -2.34. The molecule has 0 spiro atoms. The van der Waals surface area contributed by atoms with E-state index in [-0.39, 0.29) is 32.3 Å². The molecule has 1 atom stereocenters. The Morgan fingerprint density at radius 2 is 2.09 bits per heavy atom. The standard InChI is InChI=1S/C16H20N2O5/c1-2-23-15(20)8-17-16(21)13-10-22-11-14(19)18(13)9-12-6-4-3-5-7-12/h3-7,13H,2,8-11H2,1H3,(H,17,21)/t13-/m1/s1. The molecule has 1 saturated heterocycles. The van der Waals surface area contributed by atoms with E-state index in [1.807, 2.05) is 30.3 Å². The maximum absolute atomic E-state index is 12.3. The number of ether oxygens (including phenoxy) is 2. The van der Waals surface area contributed by atoms with Crippen LogP contribution < -0.4 is 5.32 Å². The molecule has 7 nitrogen and oxygen atoms in total. The van der Waals surface area contributed by atoms with Crippen LogP contribution >= 0.6 is 0 Å². The number of carbonyl (C=O) groups excluding carboxylic acids is 3. The first kappa shape index (κ1) is 17.0. The van der Waals surface area contributed by atoms with E-state index in [1.54, 1.807) is 6.92 Å². The second-order valence-electron chi connectivity index (χ2n) is 5.06. The van der Waals surface area contributed by atoms with Gasteiger partial charge in [0, 0.05) is 6.54 Å². The zero-order valence-electron chi connectivity index (χ0n) is 13.0. The summed E-state index contributed by atoms with van der Waals surface area (Å²) in [4.78, 5) is 37.1. The molecule has 2 amide bonds. The van der Waals surface area contributed by atoms with Gasteiger partial charge in [0.2, 0.25) is 11.8 Å². The summed E-state index contributed by atoms with van der Waals surface area (Å²) >= 11 is 0. The monoisotopic (exact) mass is 320 g/mol. The minimum Gasteiger partial charge on any atom is -0.465 e. The smallest absolute Gasteiger partial charge is 0.325 e. The predicted octanol–water partition coefficient (Wildman–Crippen LogP) is 0.0933. The summed E-state index contributed by atoms with van der Waals surface area (Å²) < 4.78 is 9.93. The lowest BCUT2D eigenvalue weighted by atomic mass is 10.1. The van der Waals surface area contributed by atoms with Crippen molar-refractivity contribution in [3.8, 4) is 0 Å². The molecular formula is C16H20N2O5. The number of carbonyl (C=O) groups is 3. The van der Waals surface area contributed by atoms with E-state index in [4.69, 9.17) is 9.47 Å². The minimum absolute atomic E-state index is 0.0471. The molecule has 0 unspecified atom stereocenters. The van der Waals surface area contributed by atoms with Gasteiger partial charge in [-0.2, -0.15) is 0 Å². The van der Waals surface area contributed by atoms with Crippen LogP contribution in [0.5, 0.6) is 0 Å². The van der Waals surface area contributed by atoms with E-state index in [1.165, 1.54) is 4.90 Å². The molecule has 1 aromatic carbocycles. The molecule has 0 aliphatic carbocycles. The lowest BCUT2D eigenvalue weighted by molar-refractivity contribution is -0.156. The largest absolute Gasteiger partial charge is 0.465 e. The average molecular weight is 320 g/mol. The van der Waals surface area contributed by atoms with Crippen LogP contribution in [0.1, 0.15) is 12.5 Å². The van der Waals surface area contributed by atoms with E-state index in [0.29, 0.717) is 6.54 Å². The fourth-order valence-electron chi connectivity index (χ4n) is 2.29. The fourth-order valence-corrected chi connectivity index (χ4v) is 2.29. The molecule has 1 fully saturated rings. The number of hydrogen-bond donors (Lipinski definition) is 1. The number of amides is 2. The molecule has 1 N–H and O–H groups in total. The highest BCUT2D eigenvalue weighted by Crippen LogP contribution is 2.13. The number of nitrogens with zero attached hydrogens (tertiary/aromatic N) is 1. The van der Waals surface area contributed by atoms with Crippen LogP contribution in [0.25, 0.3) is 0 Å². The molecule has 2 rings (SSSR count). The molecule has 1 aliphatic heterocycles. The molecule has 0 radical (unpaired) electrons. The average Bonchev–Trinajstić information content (AvgIpc) is 2.56. The van der Waals surface area contributed by atoms with Crippen molar-refractivity contribution in [2.24, 2.45) is 0 Å². The first-order chi connectivity index (χ1) is 11.1. The highest BCUT2D eigenvalue weighted by molar-refractivity contribution is 5.90. The van der Waals surface area contributed by atoms with Crippen molar-refractivity contribution in [3.63, 3.8) is 0 Å². The Morgan fingerprint density at radius 1 is 1.35 bits per heavy atom. The molecule has 1 aromatic rings. The summed E-state index contributed by atoms with van der Waals surface area (Å²) in [7, 11) is 0. The van der Waals surface area contributed by atoms with Crippen molar-refractivity contribution in [1.29, 1.82) is 0 Å². The van der Waals surface area contributed by atoms with Gasteiger partial charge in [0.25, 0.3) is 0 Å². The van der Waals surface area contributed by atoms with Crippen molar-refractivity contribution in [2.45, 2.75) is 19.5 Å². The fraction of sp³-hybridized carbons (Fsp3) is 0.438. The summed E-state index contributed by atoms with van der Waals surface area (Å²) in [5.74, 6) is -1.20. The quantitative estimate of drug-likeness (QED) is 0.751. The maximum Gasteiger partial charge on any atom is 0.325 e. The van der Waals surface area contributed by atoms with E-state index in [0.717, 1.165) is 5.56 Å². The van der Waals surface area contributed by atoms with E-state index in [2.05, 4.69) is 5.32 Å². The van der Waals surface area contributed by atoms with Gasteiger partial charge >= 0.3 is 5.97 Å². The van der Waals surface area contributed by atoms with Crippen molar-refractivity contribution in [3.05, 3.63) is 35.9 Å². The Hall–Kier alpha value is -2.41.